The third kappa shape index (κ3) is 4.02. The Kier molecular flexibility index (Phi) is 4.72. The molecule has 1 aromatic carbocycles. The molecule has 22 heavy (non-hydrogen) atoms. The Morgan fingerprint density at radius 2 is 2.18 bits per heavy atom. The highest BCUT2D eigenvalue weighted by atomic mass is 19.1. The molecular formula is C16H15F2NO3. The van der Waals surface area contributed by atoms with E-state index in [-0.39, 0.29) is 12.1 Å². The first-order valence-electron chi connectivity index (χ1n) is 6.56. The molecule has 0 saturated carbocycles. The van der Waals surface area contributed by atoms with Gasteiger partial charge in [0.1, 0.15) is 23.0 Å². The van der Waals surface area contributed by atoms with Crippen molar-refractivity contribution in [2.45, 2.75) is 12.5 Å². The summed E-state index contributed by atoms with van der Waals surface area (Å²) in [7, 11) is 0. The molecule has 0 bridgehead atoms. The van der Waals surface area contributed by atoms with Crippen molar-refractivity contribution < 1.29 is 23.1 Å². The maximum Gasteiger partial charge on any atom is 0.244 e. The molecule has 2 N–H and O–H groups in total. The van der Waals surface area contributed by atoms with Crippen LogP contribution in [0, 0.1) is 11.6 Å². The van der Waals surface area contributed by atoms with Crippen molar-refractivity contribution in [1.29, 1.82) is 0 Å². The van der Waals surface area contributed by atoms with Gasteiger partial charge in [0.15, 0.2) is 0 Å². The van der Waals surface area contributed by atoms with Gasteiger partial charge in [-0.3, -0.25) is 4.79 Å². The first-order valence-corrected chi connectivity index (χ1v) is 6.56. The third-order valence-corrected chi connectivity index (χ3v) is 3.06. The summed E-state index contributed by atoms with van der Waals surface area (Å²) in [6, 6.07) is 6.23. The summed E-state index contributed by atoms with van der Waals surface area (Å²) in [5, 5.41) is 12.7. The van der Waals surface area contributed by atoms with E-state index in [2.05, 4.69) is 5.32 Å². The fourth-order valence-electron chi connectivity index (χ4n) is 1.88. The minimum atomic E-state index is -1.66. The molecule has 1 amide bonds. The van der Waals surface area contributed by atoms with Crippen LogP contribution in [0.3, 0.4) is 0 Å². The maximum absolute atomic E-state index is 13.7. The quantitative estimate of drug-likeness (QED) is 0.835. The lowest BCUT2D eigenvalue weighted by Crippen LogP contribution is -2.38. The van der Waals surface area contributed by atoms with Crippen LogP contribution < -0.4 is 5.32 Å². The second kappa shape index (κ2) is 6.53. The molecule has 1 atom stereocenters. The molecule has 0 aliphatic carbocycles. The SMILES string of the molecule is CC(O)(CNC(=O)C=Cc1ccco1)c1ccc(F)cc1F. The predicted octanol–water partition coefficient (Wildman–Crippen LogP) is 2.59. The summed E-state index contributed by atoms with van der Waals surface area (Å²) < 4.78 is 31.6. The zero-order chi connectivity index (χ0) is 16.2. The van der Waals surface area contributed by atoms with Crippen LogP contribution in [0.5, 0.6) is 0 Å². The second-order valence-corrected chi connectivity index (χ2v) is 4.96. The van der Waals surface area contributed by atoms with Gasteiger partial charge in [-0.1, -0.05) is 6.07 Å². The van der Waals surface area contributed by atoms with Crippen LogP contribution in [0.2, 0.25) is 0 Å². The number of furan rings is 1. The number of rotatable bonds is 5. The minimum absolute atomic E-state index is 0.0933. The normalized spacial score (nSPS) is 14.0. The molecule has 0 aliphatic heterocycles. The zero-order valence-electron chi connectivity index (χ0n) is 11.8. The molecule has 6 heteroatoms. The molecule has 1 aromatic heterocycles. The van der Waals surface area contributed by atoms with Crippen molar-refractivity contribution in [2.24, 2.45) is 0 Å². The van der Waals surface area contributed by atoms with Crippen molar-refractivity contribution in [3.05, 3.63) is 65.6 Å². The number of nitrogens with one attached hydrogen (secondary N) is 1. The number of halogens is 2. The predicted molar refractivity (Wildman–Crippen MR) is 76.7 cm³/mol. The molecule has 1 heterocycles. The van der Waals surface area contributed by atoms with E-state index in [4.69, 9.17) is 4.42 Å². The standard InChI is InChI=1S/C16H15F2NO3/c1-16(21,13-6-4-11(17)9-14(13)18)10-19-15(20)7-5-12-3-2-8-22-12/h2-9,21H,10H2,1H3,(H,19,20). The van der Waals surface area contributed by atoms with Crippen LogP contribution in [0.25, 0.3) is 6.08 Å². The van der Waals surface area contributed by atoms with E-state index in [1.807, 2.05) is 0 Å². The average Bonchev–Trinajstić information content (AvgIpc) is 2.96. The van der Waals surface area contributed by atoms with Gasteiger partial charge in [0.05, 0.1) is 12.8 Å². The monoisotopic (exact) mass is 307 g/mol. The van der Waals surface area contributed by atoms with E-state index in [0.717, 1.165) is 12.1 Å². The molecule has 0 spiro atoms. The molecule has 2 rings (SSSR count). The maximum atomic E-state index is 13.7. The molecule has 2 aromatic rings. The van der Waals surface area contributed by atoms with Crippen LogP contribution in [0.1, 0.15) is 18.2 Å². The Balaban J connectivity index is 1.98. The van der Waals surface area contributed by atoms with Crippen LogP contribution >= 0.6 is 0 Å². The largest absolute Gasteiger partial charge is 0.465 e. The molecule has 116 valence electrons. The van der Waals surface area contributed by atoms with Gasteiger partial charge in [-0.2, -0.15) is 0 Å². The number of benzene rings is 1. The van der Waals surface area contributed by atoms with Crippen molar-refractivity contribution in [3.8, 4) is 0 Å². The fourth-order valence-corrected chi connectivity index (χ4v) is 1.88. The Hall–Kier alpha value is -2.47. The molecule has 0 radical (unpaired) electrons. The number of amides is 1. The summed E-state index contributed by atoms with van der Waals surface area (Å²) in [4.78, 5) is 11.7. The second-order valence-electron chi connectivity index (χ2n) is 4.96. The summed E-state index contributed by atoms with van der Waals surface area (Å²) in [6.07, 6.45) is 4.16. The number of carbonyl (C=O) groups is 1. The van der Waals surface area contributed by atoms with Crippen LogP contribution in [-0.4, -0.2) is 17.6 Å². The van der Waals surface area contributed by atoms with E-state index in [1.165, 1.54) is 25.3 Å². The first-order chi connectivity index (χ1) is 10.4. The van der Waals surface area contributed by atoms with E-state index in [0.29, 0.717) is 11.8 Å². The van der Waals surface area contributed by atoms with Gasteiger partial charge < -0.3 is 14.8 Å². The first kappa shape index (κ1) is 15.9. The van der Waals surface area contributed by atoms with Gasteiger partial charge in [-0.25, -0.2) is 8.78 Å². The lowest BCUT2D eigenvalue weighted by atomic mass is 9.95. The van der Waals surface area contributed by atoms with Crippen molar-refractivity contribution in [2.75, 3.05) is 6.54 Å². The van der Waals surface area contributed by atoms with Gasteiger partial charge >= 0.3 is 0 Å². The summed E-state index contributed by atoms with van der Waals surface area (Å²) in [6.45, 7) is 1.11. The van der Waals surface area contributed by atoms with Crippen LogP contribution in [0.15, 0.2) is 47.1 Å². The van der Waals surface area contributed by atoms with E-state index < -0.39 is 23.1 Å². The fraction of sp³-hybridized carbons (Fsp3) is 0.188. The topological polar surface area (TPSA) is 62.5 Å². The number of hydrogen-bond donors (Lipinski definition) is 2. The number of hydrogen-bond acceptors (Lipinski definition) is 3. The Morgan fingerprint density at radius 1 is 1.41 bits per heavy atom. The molecule has 0 saturated heterocycles. The zero-order valence-corrected chi connectivity index (χ0v) is 11.8. The highest BCUT2D eigenvalue weighted by Crippen LogP contribution is 2.23. The minimum Gasteiger partial charge on any atom is -0.465 e. The highest BCUT2D eigenvalue weighted by Gasteiger charge is 2.27. The van der Waals surface area contributed by atoms with Crippen molar-refractivity contribution in [1.82, 2.24) is 5.32 Å². The molecule has 0 fully saturated rings. The van der Waals surface area contributed by atoms with Gasteiger partial charge in [0.2, 0.25) is 5.91 Å². The van der Waals surface area contributed by atoms with Gasteiger partial charge in [-0.15, -0.1) is 0 Å². The highest BCUT2D eigenvalue weighted by molar-refractivity contribution is 5.91. The Labute approximate surface area is 126 Å². The lowest BCUT2D eigenvalue weighted by Gasteiger charge is -2.24. The van der Waals surface area contributed by atoms with Gasteiger partial charge in [-0.05, 0) is 31.2 Å². The molecule has 1 unspecified atom stereocenters. The van der Waals surface area contributed by atoms with E-state index in [1.54, 1.807) is 12.1 Å². The van der Waals surface area contributed by atoms with Gasteiger partial charge in [0.25, 0.3) is 0 Å². The summed E-state index contributed by atoms with van der Waals surface area (Å²) in [5.41, 5.74) is -1.75. The summed E-state index contributed by atoms with van der Waals surface area (Å²) in [5.74, 6) is -1.57. The molecular weight excluding hydrogens is 292 g/mol. The Bertz CT molecular complexity index is 679. The Morgan fingerprint density at radius 3 is 2.82 bits per heavy atom. The average molecular weight is 307 g/mol. The lowest BCUT2D eigenvalue weighted by molar-refractivity contribution is -0.117. The summed E-state index contributed by atoms with van der Waals surface area (Å²) >= 11 is 0. The third-order valence-electron chi connectivity index (χ3n) is 3.06. The van der Waals surface area contributed by atoms with Gasteiger partial charge in [0, 0.05) is 17.7 Å². The molecule has 4 nitrogen and oxygen atoms in total. The van der Waals surface area contributed by atoms with Crippen LogP contribution in [-0.2, 0) is 10.4 Å². The van der Waals surface area contributed by atoms with E-state index in [9.17, 15) is 18.7 Å². The van der Waals surface area contributed by atoms with Crippen molar-refractivity contribution >= 4 is 12.0 Å². The van der Waals surface area contributed by atoms with E-state index >= 15 is 0 Å². The smallest absolute Gasteiger partial charge is 0.244 e. The molecule has 0 aliphatic rings. The van der Waals surface area contributed by atoms with Crippen molar-refractivity contribution in [3.63, 3.8) is 0 Å². The van der Waals surface area contributed by atoms with Crippen LogP contribution in [0.4, 0.5) is 8.78 Å². The number of aliphatic hydroxyl groups is 1. The number of carbonyl (C=O) groups excluding carboxylic acids is 1.